The van der Waals surface area contributed by atoms with E-state index in [1.54, 1.807) is 0 Å². The first-order chi connectivity index (χ1) is 8.69. The van der Waals surface area contributed by atoms with Gasteiger partial charge in [0.1, 0.15) is 7.05 Å². The number of carbonyl (C=O) groups excluding carboxylic acids is 1. The molecule has 1 aromatic heterocycles. The SMILES string of the molecule is CCc1cccc(C(=O)Nc2cc[n+](C)cc2)c1. The van der Waals surface area contributed by atoms with Crippen molar-refractivity contribution in [1.82, 2.24) is 0 Å². The van der Waals surface area contributed by atoms with Crippen LogP contribution in [0.15, 0.2) is 48.8 Å². The molecule has 0 saturated carbocycles. The highest BCUT2D eigenvalue weighted by Gasteiger charge is 2.06. The van der Waals surface area contributed by atoms with Crippen molar-refractivity contribution in [3.05, 3.63) is 59.9 Å². The summed E-state index contributed by atoms with van der Waals surface area (Å²) in [7, 11) is 1.94. The third kappa shape index (κ3) is 2.94. The zero-order valence-electron chi connectivity index (χ0n) is 10.7. The number of aromatic nitrogens is 1. The van der Waals surface area contributed by atoms with Crippen LogP contribution in [-0.4, -0.2) is 5.91 Å². The highest BCUT2D eigenvalue weighted by molar-refractivity contribution is 6.04. The maximum atomic E-state index is 12.0. The van der Waals surface area contributed by atoms with Crippen LogP contribution in [-0.2, 0) is 13.5 Å². The molecule has 1 N–H and O–H groups in total. The van der Waals surface area contributed by atoms with Gasteiger partial charge in [0.15, 0.2) is 12.4 Å². The summed E-state index contributed by atoms with van der Waals surface area (Å²) in [6, 6.07) is 11.5. The van der Waals surface area contributed by atoms with Crippen molar-refractivity contribution in [2.75, 3.05) is 5.32 Å². The van der Waals surface area contributed by atoms with Gasteiger partial charge in [0, 0.05) is 17.7 Å². The zero-order valence-corrected chi connectivity index (χ0v) is 10.7. The number of hydrogen-bond donors (Lipinski definition) is 1. The molecule has 18 heavy (non-hydrogen) atoms. The van der Waals surface area contributed by atoms with Crippen LogP contribution in [0.3, 0.4) is 0 Å². The predicted molar refractivity (Wildman–Crippen MR) is 71.4 cm³/mol. The molecule has 0 atom stereocenters. The summed E-state index contributed by atoms with van der Waals surface area (Å²) >= 11 is 0. The molecule has 92 valence electrons. The first-order valence-corrected chi connectivity index (χ1v) is 6.04. The van der Waals surface area contributed by atoms with Crippen LogP contribution in [0, 0.1) is 0 Å². The molecule has 2 rings (SSSR count). The first-order valence-electron chi connectivity index (χ1n) is 6.04. The number of carbonyl (C=O) groups is 1. The monoisotopic (exact) mass is 241 g/mol. The molecule has 0 bridgehead atoms. The van der Waals surface area contributed by atoms with Gasteiger partial charge in [-0.1, -0.05) is 19.1 Å². The van der Waals surface area contributed by atoms with Crippen LogP contribution in [0.4, 0.5) is 5.69 Å². The van der Waals surface area contributed by atoms with Crippen molar-refractivity contribution >= 4 is 11.6 Å². The second-order valence-corrected chi connectivity index (χ2v) is 4.26. The molecule has 2 aromatic rings. The topological polar surface area (TPSA) is 33.0 Å². The van der Waals surface area contributed by atoms with Gasteiger partial charge in [0.25, 0.3) is 5.91 Å². The summed E-state index contributed by atoms with van der Waals surface area (Å²) in [5.74, 6) is -0.0702. The maximum absolute atomic E-state index is 12.0. The second-order valence-electron chi connectivity index (χ2n) is 4.26. The summed E-state index contributed by atoms with van der Waals surface area (Å²) in [6.07, 6.45) is 4.73. The molecule has 3 heteroatoms. The van der Waals surface area contributed by atoms with E-state index in [0.29, 0.717) is 5.56 Å². The van der Waals surface area contributed by atoms with E-state index in [-0.39, 0.29) is 5.91 Å². The molecule has 3 nitrogen and oxygen atoms in total. The molecule has 1 aromatic carbocycles. The quantitative estimate of drug-likeness (QED) is 0.822. The highest BCUT2D eigenvalue weighted by Crippen LogP contribution is 2.09. The normalized spacial score (nSPS) is 10.1. The van der Waals surface area contributed by atoms with E-state index in [4.69, 9.17) is 0 Å². The molecular weight excluding hydrogens is 224 g/mol. The molecule has 0 aliphatic heterocycles. The molecule has 1 heterocycles. The fourth-order valence-electron chi connectivity index (χ4n) is 1.72. The average Bonchev–Trinajstić information content (AvgIpc) is 2.41. The van der Waals surface area contributed by atoms with Crippen molar-refractivity contribution in [2.24, 2.45) is 7.05 Å². The minimum atomic E-state index is -0.0702. The standard InChI is InChI=1S/C15H16N2O/c1-3-12-5-4-6-13(11-12)15(18)16-14-7-9-17(2)10-8-14/h4-11H,3H2,1-2H3/p+1. The van der Waals surface area contributed by atoms with Gasteiger partial charge in [-0.05, 0) is 24.1 Å². The molecule has 0 aliphatic rings. The van der Waals surface area contributed by atoms with Gasteiger partial charge in [0.2, 0.25) is 0 Å². The van der Waals surface area contributed by atoms with Crippen LogP contribution >= 0.6 is 0 Å². The average molecular weight is 241 g/mol. The van der Waals surface area contributed by atoms with Crippen molar-refractivity contribution in [3.8, 4) is 0 Å². The third-order valence-corrected chi connectivity index (χ3v) is 2.83. The van der Waals surface area contributed by atoms with Crippen molar-refractivity contribution in [1.29, 1.82) is 0 Å². The molecule has 0 radical (unpaired) electrons. The number of benzene rings is 1. The molecule has 0 fully saturated rings. The molecule has 0 spiro atoms. The lowest BCUT2D eigenvalue weighted by molar-refractivity contribution is -0.671. The minimum Gasteiger partial charge on any atom is -0.322 e. The molecular formula is C15H17N2O+. The van der Waals surface area contributed by atoms with E-state index < -0.39 is 0 Å². The molecule has 0 saturated heterocycles. The number of hydrogen-bond acceptors (Lipinski definition) is 1. The molecule has 1 amide bonds. The Morgan fingerprint density at radius 3 is 2.61 bits per heavy atom. The number of aryl methyl sites for hydroxylation is 2. The third-order valence-electron chi connectivity index (χ3n) is 2.83. The van der Waals surface area contributed by atoms with E-state index in [1.807, 2.05) is 60.4 Å². The number of amides is 1. The second kappa shape index (κ2) is 5.45. The van der Waals surface area contributed by atoms with E-state index in [1.165, 1.54) is 5.56 Å². The van der Waals surface area contributed by atoms with Gasteiger partial charge in [-0.15, -0.1) is 0 Å². The Hall–Kier alpha value is -2.16. The van der Waals surface area contributed by atoms with Crippen LogP contribution in [0.25, 0.3) is 0 Å². The fraction of sp³-hybridized carbons (Fsp3) is 0.200. The van der Waals surface area contributed by atoms with E-state index in [9.17, 15) is 4.79 Å². The summed E-state index contributed by atoms with van der Waals surface area (Å²) in [5.41, 5.74) is 2.67. The lowest BCUT2D eigenvalue weighted by atomic mass is 10.1. The number of nitrogens with one attached hydrogen (secondary N) is 1. The zero-order chi connectivity index (χ0) is 13.0. The van der Waals surface area contributed by atoms with Crippen molar-refractivity contribution < 1.29 is 9.36 Å². The van der Waals surface area contributed by atoms with Gasteiger partial charge >= 0.3 is 0 Å². The Morgan fingerprint density at radius 2 is 1.94 bits per heavy atom. The maximum Gasteiger partial charge on any atom is 0.255 e. The first kappa shape index (κ1) is 12.3. The summed E-state index contributed by atoms with van der Waals surface area (Å²) in [4.78, 5) is 12.0. The predicted octanol–water partition coefficient (Wildman–Crippen LogP) is 2.33. The van der Waals surface area contributed by atoms with E-state index in [0.717, 1.165) is 12.1 Å². The van der Waals surface area contributed by atoms with E-state index in [2.05, 4.69) is 12.2 Å². The van der Waals surface area contributed by atoms with Gasteiger partial charge in [-0.2, -0.15) is 0 Å². The lowest BCUT2D eigenvalue weighted by Crippen LogP contribution is -2.26. The Kier molecular flexibility index (Phi) is 3.72. The Labute approximate surface area is 107 Å². The van der Waals surface area contributed by atoms with Crippen LogP contribution < -0.4 is 9.88 Å². The summed E-state index contributed by atoms with van der Waals surface area (Å²) in [5, 5.41) is 2.88. The number of anilines is 1. The number of rotatable bonds is 3. The lowest BCUT2D eigenvalue weighted by Gasteiger charge is -2.05. The van der Waals surface area contributed by atoms with Crippen molar-refractivity contribution in [2.45, 2.75) is 13.3 Å². The summed E-state index contributed by atoms with van der Waals surface area (Å²) in [6.45, 7) is 2.08. The Bertz CT molecular complexity index is 547. The van der Waals surface area contributed by atoms with Crippen LogP contribution in [0.1, 0.15) is 22.8 Å². The highest BCUT2D eigenvalue weighted by atomic mass is 16.1. The van der Waals surface area contributed by atoms with Gasteiger partial charge < -0.3 is 5.32 Å². The Morgan fingerprint density at radius 1 is 1.22 bits per heavy atom. The Balaban J connectivity index is 2.14. The van der Waals surface area contributed by atoms with Crippen LogP contribution in [0.5, 0.6) is 0 Å². The smallest absolute Gasteiger partial charge is 0.255 e. The van der Waals surface area contributed by atoms with Gasteiger partial charge in [-0.25, -0.2) is 4.57 Å². The number of nitrogens with zero attached hydrogens (tertiary/aromatic N) is 1. The minimum absolute atomic E-state index is 0.0702. The van der Waals surface area contributed by atoms with E-state index >= 15 is 0 Å². The largest absolute Gasteiger partial charge is 0.322 e. The van der Waals surface area contributed by atoms with Crippen molar-refractivity contribution in [3.63, 3.8) is 0 Å². The molecule has 0 aliphatic carbocycles. The molecule has 0 unspecified atom stereocenters. The van der Waals surface area contributed by atoms with Gasteiger partial charge in [0.05, 0.1) is 5.69 Å². The summed E-state index contributed by atoms with van der Waals surface area (Å²) < 4.78 is 1.92. The number of pyridine rings is 1. The fourth-order valence-corrected chi connectivity index (χ4v) is 1.72. The van der Waals surface area contributed by atoms with Gasteiger partial charge in [-0.3, -0.25) is 4.79 Å². The van der Waals surface area contributed by atoms with Crippen LogP contribution in [0.2, 0.25) is 0 Å².